The van der Waals surface area contributed by atoms with Gasteiger partial charge in [0.05, 0.1) is 0 Å². The Hall–Kier alpha value is -2.41. The van der Waals surface area contributed by atoms with E-state index in [1.807, 2.05) is 37.4 Å². The van der Waals surface area contributed by atoms with Crippen LogP contribution in [0.4, 0.5) is 0 Å². The van der Waals surface area contributed by atoms with Crippen LogP contribution in [0.25, 0.3) is 22.4 Å². The molecule has 2 heterocycles. The van der Waals surface area contributed by atoms with Gasteiger partial charge in [-0.25, -0.2) is 14.8 Å². The molecule has 0 spiro atoms. The zero-order chi connectivity index (χ0) is 16.7. The molecule has 3 aromatic rings. The maximum Gasteiger partial charge on any atom is 0.332 e. The van der Waals surface area contributed by atoms with Crippen molar-refractivity contribution in [1.29, 1.82) is 0 Å². The summed E-state index contributed by atoms with van der Waals surface area (Å²) in [6.45, 7) is 1.98. The van der Waals surface area contributed by atoms with Crippen LogP contribution in [0.15, 0.2) is 38.9 Å². The summed E-state index contributed by atoms with van der Waals surface area (Å²) in [6.07, 6.45) is 1.86. The predicted molar refractivity (Wildman–Crippen MR) is 92.0 cm³/mol. The molecule has 0 N–H and O–H groups in total. The van der Waals surface area contributed by atoms with Crippen LogP contribution in [0.1, 0.15) is 5.56 Å². The molecule has 7 heteroatoms. The SMILES string of the molecule is CSc1nc(-c2ccccc2C)nc2c1c(=O)n(C)c(=O)n2C. The Morgan fingerprint density at radius 3 is 2.39 bits per heavy atom. The molecular formula is C16H16N4O2S. The molecule has 0 saturated carbocycles. The van der Waals surface area contributed by atoms with Gasteiger partial charge in [0.1, 0.15) is 10.4 Å². The number of hydrogen-bond donors (Lipinski definition) is 0. The van der Waals surface area contributed by atoms with Gasteiger partial charge in [-0.3, -0.25) is 13.9 Å². The Kier molecular flexibility index (Phi) is 3.81. The zero-order valence-electron chi connectivity index (χ0n) is 13.3. The Morgan fingerprint density at radius 2 is 1.74 bits per heavy atom. The summed E-state index contributed by atoms with van der Waals surface area (Å²) in [6, 6.07) is 7.77. The first-order valence-electron chi connectivity index (χ1n) is 7.03. The fourth-order valence-corrected chi connectivity index (χ4v) is 3.08. The van der Waals surface area contributed by atoms with Crippen LogP contribution in [-0.2, 0) is 14.1 Å². The molecule has 0 aliphatic heterocycles. The van der Waals surface area contributed by atoms with Gasteiger partial charge >= 0.3 is 5.69 Å². The van der Waals surface area contributed by atoms with Gasteiger partial charge < -0.3 is 0 Å². The highest BCUT2D eigenvalue weighted by atomic mass is 32.2. The lowest BCUT2D eigenvalue weighted by molar-refractivity contribution is 0.703. The second kappa shape index (κ2) is 5.66. The van der Waals surface area contributed by atoms with Gasteiger partial charge in [0.2, 0.25) is 0 Å². The van der Waals surface area contributed by atoms with Crippen molar-refractivity contribution in [2.24, 2.45) is 14.1 Å². The van der Waals surface area contributed by atoms with E-state index in [1.54, 1.807) is 7.05 Å². The van der Waals surface area contributed by atoms with Gasteiger partial charge in [-0.2, -0.15) is 0 Å². The van der Waals surface area contributed by atoms with Crippen LogP contribution in [0.2, 0.25) is 0 Å². The van der Waals surface area contributed by atoms with Crippen molar-refractivity contribution in [3.8, 4) is 11.4 Å². The second-order valence-electron chi connectivity index (χ2n) is 5.28. The molecule has 0 saturated heterocycles. The van der Waals surface area contributed by atoms with E-state index in [9.17, 15) is 9.59 Å². The summed E-state index contributed by atoms with van der Waals surface area (Å²) in [7, 11) is 3.08. The number of nitrogens with zero attached hydrogens (tertiary/aromatic N) is 4. The molecule has 0 bridgehead atoms. The predicted octanol–water partition coefficient (Wildman–Crippen LogP) is 1.72. The molecule has 0 fully saturated rings. The van der Waals surface area contributed by atoms with Crippen molar-refractivity contribution < 1.29 is 0 Å². The largest absolute Gasteiger partial charge is 0.332 e. The summed E-state index contributed by atoms with van der Waals surface area (Å²) >= 11 is 1.37. The first-order valence-corrected chi connectivity index (χ1v) is 8.26. The van der Waals surface area contributed by atoms with Crippen molar-refractivity contribution in [3.05, 3.63) is 50.7 Å². The minimum absolute atomic E-state index is 0.357. The van der Waals surface area contributed by atoms with Crippen molar-refractivity contribution in [2.75, 3.05) is 6.26 Å². The van der Waals surface area contributed by atoms with Gasteiger partial charge in [-0.1, -0.05) is 24.3 Å². The average Bonchev–Trinajstić information content (AvgIpc) is 2.57. The summed E-state index contributed by atoms with van der Waals surface area (Å²) < 4.78 is 2.47. The molecule has 2 aromatic heterocycles. The lowest BCUT2D eigenvalue weighted by atomic mass is 10.1. The van der Waals surface area contributed by atoms with Gasteiger partial charge in [0.25, 0.3) is 5.56 Å². The highest BCUT2D eigenvalue weighted by Crippen LogP contribution is 2.25. The normalized spacial score (nSPS) is 11.1. The molecule has 6 nitrogen and oxygen atoms in total. The van der Waals surface area contributed by atoms with E-state index < -0.39 is 5.69 Å². The third-order valence-corrected chi connectivity index (χ3v) is 4.53. The quantitative estimate of drug-likeness (QED) is 0.529. The summed E-state index contributed by atoms with van der Waals surface area (Å²) in [5, 5.41) is 0.948. The second-order valence-corrected chi connectivity index (χ2v) is 6.07. The molecular weight excluding hydrogens is 312 g/mol. The van der Waals surface area contributed by atoms with Gasteiger partial charge in [-0.05, 0) is 18.7 Å². The lowest BCUT2D eigenvalue weighted by Gasteiger charge is -2.11. The monoisotopic (exact) mass is 328 g/mol. The maximum atomic E-state index is 12.5. The van der Waals surface area contributed by atoms with Crippen LogP contribution < -0.4 is 11.2 Å². The third kappa shape index (κ3) is 2.37. The van der Waals surface area contributed by atoms with Crippen LogP contribution in [0, 0.1) is 6.92 Å². The van der Waals surface area contributed by atoms with Crippen LogP contribution in [0.5, 0.6) is 0 Å². The van der Waals surface area contributed by atoms with Crippen LogP contribution in [0.3, 0.4) is 0 Å². The van der Waals surface area contributed by atoms with Crippen molar-refractivity contribution in [3.63, 3.8) is 0 Å². The molecule has 0 aliphatic carbocycles. The first kappa shape index (κ1) is 15.5. The summed E-state index contributed by atoms with van der Waals surface area (Å²) in [5.41, 5.74) is 1.51. The topological polar surface area (TPSA) is 69.8 Å². The number of hydrogen-bond acceptors (Lipinski definition) is 5. The van der Waals surface area contributed by atoms with E-state index in [4.69, 9.17) is 0 Å². The minimum Gasteiger partial charge on any atom is -0.280 e. The van der Waals surface area contributed by atoms with Gasteiger partial charge in [0, 0.05) is 19.7 Å². The number of aromatic nitrogens is 4. The highest BCUT2D eigenvalue weighted by molar-refractivity contribution is 7.98. The van der Waals surface area contributed by atoms with Gasteiger partial charge in [0.15, 0.2) is 11.5 Å². The van der Waals surface area contributed by atoms with Crippen molar-refractivity contribution >= 4 is 22.8 Å². The van der Waals surface area contributed by atoms with E-state index in [0.29, 0.717) is 21.9 Å². The van der Waals surface area contributed by atoms with Crippen LogP contribution >= 0.6 is 11.8 Å². The van der Waals surface area contributed by atoms with E-state index in [1.165, 1.54) is 23.4 Å². The molecule has 0 atom stereocenters. The summed E-state index contributed by atoms with van der Waals surface area (Å²) in [4.78, 5) is 33.7. The Morgan fingerprint density at radius 1 is 1.04 bits per heavy atom. The fourth-order valence-electron chi connectivity index (χ4n) is 2.52. The van der Waals surface area contributed by atoms with E-state index >= 15 is 0 Å². The summed E-state index contributed by atoms with van der Waals surface area (Å²) in [5.74, 6) is 0.517. The first-order chi connectivity index (χ1) is 11.0. The van der Waals surface area contributed by atoms with Crippen molar-refractivity contribution in [1.82, 2.24) is 19.1 Å². The Balaban J connectivity index is 2.49. The Labute approximate surface area is 136 Å². The van der Waals surface area contributed by atoms with Crippen molar-refractivity contribution in [2.45, 2.75) is 11.9 Å². The van der Waals surface area contributed by atoms with E-state index in [2.05, 4.69) is 9.97 Å². The van der Waals surface area contributed by atoms with E-state index in [-0.39, 0.29) is 5.56 Å². The van der Waals surface area contributed by atoms with E-state index in [0.717, 1.165) is 15.7 Å². The molecule has 0 aliphatic rings. The number of fused-ring (bicyclic) bond motifs is 1. The third-order valence-electron chi connectivity index (χ3n) is 3.85. The van der Waals surface area contributed by atoms with Crippen LogP contribution in [-0.4, -0.2) is 25.4 Å². The van der Waals surface area contributed by atoms with Gasteiger partial charge in [-0.15, -0.1) is 11.8 Å². The molecule has 0 unspecified atom stereocenters. The minimum atomic E-state index is -0.399. The molecule has 0 amide bonds. The number of aryl methyl sites for hydroxylation is 2. The molecule has 118 valence electrons. The molecule has 3 rings (SSSR count). The lowest BCUT2D eigenvalue weighted by Crippen LogP contribution is -2.37. The molecule has 23 heavy (non-hydrogen) atoms. The maximum absolute atomic E-state index is 12.5. The number of thioether (sulfide) groups is 1. The fraction of sp³-hybridized carbons (Fsp3) is 0.250. The average molecular weight is 328 g/mol. The number of benzene rings is 1. The number of rotatable bonds is 2. The molecule has 0 radical (unpaired) electrons. The zero-order valence-corrected chi connectivity index (χ0v) is 14.1. The highest BCUT2D eigenvalue weighted by Gasteiger charge is 2.17. The Bertz CT molecular complexity index is 1040. The smallest absolute Gasteiger partial charge is 0.280 e. The standard InChI is InChI=1S/C16H16N4O2S/c1-9-7-5-6-8-10(9)12-17-13-11(14(18-12)23-4)15(21)20(3)16(22)19(13)2/h5-8H,1-4H3. The molecule has 1 aromatic carbocycles.